The van der Waals surface area contributed by atoms with Crippen molar-refractivity contribution in [2.45, 2.75) is 13.2 Å². The minimum absolute atomic E-state index is 0.00364. The molecule has 0 radical (unpaired) electrons. The van der Waals surface area contributed by atoms with Crippen molar-refractivity contribution in [2.24, 2.45) is 0 Å². The van der Waals surface area contributed by atoms with Gasteiger partial charge in [0.25, 0.3) is 0 Å². The minimum atomic E-state index is -0.408. The molecular weight excluding hydrogens is 396 g/mol. The first-order valence-electron chi connectivity index (χ1n) is 7.64. The largest absolute Gasteiger partial charge is 0.377 e. The van der Waals surface area contributed by atoms with Gasteiger partial charge in [-0.3, -0.25) is 20.0 Å². The Bertz CT molecular complexity index is 747. The van der Waals surface area contributed by atoms with Crippen LogP contribution in [0.25, 0.3) is 0 Å². The van der Waals surface area contributed by atoms with Crippen LogP contribution in [0.4, 0.5) is 11.4 Å². The molecule has 3 rings (SSSR count). The van der Waals surface area contributed by atoms with Gasteiger partial charge in [0.15, 0.2) is 5.82 Å². The van der Waals surface area contributed by atoms with Crippen LogP contribution in [0.3, 0.4) is 0 Å². The molecule has 1 aliphatic rings. The van der Waals surface area contributed by atoms with E-state index in [0.717, 1.165) is 13.1 Å². The average Bonchev–Trinajstić information content (AvgIpc) is 3.03. The highest BCUT2D eigenvalue weighted by atomic mass is 79.9. The number of piperazine rings is 1. The van der Waals surface area contributed by atoms with Gasteiger partial charge in [0.2, 0.25) is 5.89 Å². The SMILES string of the molecule is COCc1noc(CN2CCN(c3c(Br)cncc3[N+](=O)[O-])CC2)n1. The number of ether oxygens (including phenoxy) is 1. The highest BCUT2D eigenvalue weighted by Crippen LogP contribution is 2.35. The summed E-state index contributed by atoms with van der Waals surface area (Å²) in [6.45, 7) is 3.63. The smallest absolute Gasteiger partial charge is 0.311 e. The molecule has 134 valence electrons. The van der Waals surface area contributed by atoms with Crippen molar-refractivity contribution in [1.29, 1.82) is 0 Å². The van der Waals surface area contributed by atoms with Crippen LogP contribution in [0.15, 0.2) is 21.4 Å². The van der Waals surface area contributed by atoms with Gasteiger partial charge in [-0.1, -0.05) is 5.16 Å². The van der Waals surface area contributed by atoms with Crippen molar-refractivity contribution < 1.29 is 14.2 Å². The molecule has 10 nitrogen and oxygen atoms in total. The summed E-state index contributed by atoms with van der Waals surface area (Å²) >= 11 is 3.37. The first-order valence-corrected chi connectivity index (χ1v) is 8.43. The molecule has 0 saturated carbocycles. The molecule has 25 heavy (non-hydrogen) atoms. The Morgan fingerprint density at radius 2 is 2.12 bits per heavy atom. The second-order valence-electron chi connectivity index (χ2n) is 5.55. The number of hydrogen-bond acceptors (Lipinski definition) is 9. The summed E-state index contributed by atoms with van der Waals surface area (Å²) in [7, 11) is 1.58. The van der Waals surface area contributed by atoms with Crippen molar-refractivity contribution in [2.75, 3.05) is 38.2 Å². The van der Waals surface area contributed by atoms with Crippen LogP contribution in [-0.4, -0.2) is 58.2 Å². The van der Waals surface area contributed by atoms with E-state index in [9.17, 15) is 10.1 Å². The lowest BCUT2D eigenvalue weighted by atomic mass is 10.2. The number of nitro groups is 1. The molecule has 0 N–H and O–H groups in total. The molecule has 3 heterocycles. The molecule has 0 aromatic carbocycles. The summed E-state index contributed by atoms with van der Waals surface area (Å²) in [5, 5.41) is 15.1. The Labute approximate surface area is 152 Å². The predicted octanol–water partition coefficient (Wildman–Crippen LogP) is 1.60. The third-order valence-electron chi connectivity index (χ3n) is 3.88. The quantitative estimate of drug-likeness (QED) is 0.515. The molecule has 0 amide bonds. The second-order valence-corrected chi connectivity index (χ2v) is 6.40. The van der Waals surface area contributed by atoms with E-state index < -0.39 is 4.92 Å². The Morgan fingerprint density at radius 3 is 2.80 bits per heavy atom. The second kappa shape index (κ2) is 7.85. The van der Waals surface area contributed by atoms with E-state index in [1.165, 1.54) is 6.20 Å². The zero-order valence-electron chi connectivity index (χ0n) is 13.6. The van der Waals surface area contributed by atoms with E-state index >= 15 is 0 Å². The van der Waals surface area contributed by atoms with E-state index in [0.29, 0.717) is 48.1 Å². The zero-order chi connectivity index (χ0) is 17.8. The Balaban J connectivity index is 1.63. The van der Waals surface area contributed by atoms with Crippen LogP contribution >= 0.6 is 15.9 Å². The highest BCUT2D eigenvalue weighted by Gasteiger charge is 2.27. The van der Waals surface area contributed by atoms with Crippen LogP contribution in [0.2, 0.25) is 0 Å². The van der Waals surface area contributed by atoms with E-state index in [2.05, 4.69) is 36.0 Å². The fourth-order valence-electron chi connectivity index (χ4n) is 2.73. The zero-order valence-corrected chi connectivity index (χ0v) is 15.2. The minimum Gasteiger partial charge on any atom is -0.377 e. The number of rotatable bonds is 6. The number of halogens is 1. The lowest BCUT2D eigenvalue weighted by Crippen LogP contribution is -2.46. The van der Waals surface area contributed by atoms with Crippen molar-refractivity contribution in [3.05, 3.63) is 38.7 Å². The summed E-state index contributed by atoms with van der Waals surface area (Å²) in [6.07, 6.45) is 2.85. The van der Waals surface area contributed by atoms with Crippen molar-refractivity contribution in [3.8, 4) is 0 Å². The van der Waals surface area contributed by atoms with Gasteiger partial charge in [-0.05, 0) is 15.9 Å². The maximum atomic E-state index is 11.2. The summed E-state index contributed by atoms with van der Waals surface area (Å²) in [5.74, 6) is 1.06. The molecule has 2 aromatic heterocycles. The molecule has 0 aliphatic carbocycles. The van der Waals surface area contributed by atoms with Gasteiger partial charge in [0.1, 0.15) is 18.5 Å². The maximum Gasteiger partial charge on any atom is 0.311 e. The molecule has 1 fully saturated rings. The fourth-order valence-corrected chi connectivity index (χ4v) is 3.30. The van der Waals surface area contributed by atoms with E-state index in [-0.39, 0.29) is 5.69 Å². The molecule has 0 bridgehead atoms. The van der Waals surface area contributed by atoms with Gasteiger partial charge >= 0.3 is 5.69 Å². The molecule has 1 aliphatic heterocycles. The van der Waals surface area contributed by atoms with Crippen LogP contribution in [-0.2, 0) is 17.9 Å². The monoisotopic (exact) mass is 412 g/mol. The predicted molar refractivity (Wildman–Crippen MR) is 91.1 cm³/mol. The van der Waals surface area contributed by atoms with Crippen molar-refractivity contribution in [1.82, 2.24) is 20.0 Å². The molecule has 0 unspecified atom stereocenters. The van der Waals surface area contributed by atoms with Crippen molar-refractivity contribution >= 4 is 27.3 Å². The van der Waals surface area contributed by atoms with Crippen LogP contribution < -0.4 is 4.90 Å². The normalized spacial score (nSPS) is 15.5. The molecule has 1 saturated heterocycles. The van der Waals surface area contributed by atoms with E-state index in [4.69, 9.17) is 9.26 Å². The Kier molecular flexibility index (Phi) is 5.56. The summed E-state index contributed by atoms with van der Waals surface area (Å²) in [4.78, 5) is 23.1. The molecular formula is C14H17BrN6O4. The molecule has 11 heteroatoms. The standard InChI is InChI=1S/C14H17BrN6O4/c1-24-9-12-17-13(25-18-12)8-19-2-4-20(5-3-19)14-10(15)6-16-7-11(14)21(22)23/h6-7H,2-5,8-9H2,1H3. The lowest BCUT2D eigenvalue weighted by Gasteiger charge is -2.35. The number of methoxy groups -OCH3 is 1. The first-order chi connectivity index (χ1) is 12.1. The Hall–Kier alpha value is -2.11. The maximum absolute atomic E-state index is 11.2. The summed E-state index contributed by atoms with van der Waals surface area (Å²) in [5.41, 5.74) is 0.573. The molecule has 0 atom stereocenters. The number of pyridine rings is 1. The van der Waals surface area contributed by atoms with Crippen LogP contribution in [0.5, 0.6) is 0 Å². The van der Waals surface area contributed by atoms with Gasteiger partial charge in [-0.2, -0.15) is 4.98 Å². The molecule has 2 aromatic rings. The van der Waals surface area contributed by atoms with Crippen LogP contribution in [0, 0.1) is 10.1 Å². The number of aromatic nitrogens is 3. The van der Waals surface area contributed by atoms with E-state index in [1.54, 1.807) is 13.3 Å². The Morgan fingerprint density at radius 1 is 1.36 bits per heavy atom. The first kappa shape index (κ1) is 17.7. The van der Waals surface area contributed by atoms with E-state index in [1.807, 2.05) is 4.90 Å². The van der Waals surface area contributed by atoms with Crippen LogP contribution in [0.1, 0.15) is 11.7 Å². The summed E-state index contributed by atoms with van der Waals surface area (Å²) in [6, 6.07) is 0. The fraction of sp³-hybridized carbons (Fsp3) is 0.500. The highest BCUT2D eigenvalue weighted by molar-refractivity contribution is 9.10. The third-order valence-corrected chi connectivity index (χ3v) is 4.46. The number of hydrogen-bond donors (Lipinski definition) is 0. The number of nitrogens with zero attached hydrogens (tertiary/aromatic N) is 6. The average molecular weight is 413 g/mol. The van der Waals surface area contributed by atoms with Gasteiger partial charge in [-0.15, -0.1) is 0 Å². The molecule has 0 spiro atoms. The summed E-state index contributed by atoms with van der Waals surface area (Å²) < 4.78 is 10.8. The lowest BCUT2D eigenvalue weighted by molar-refractivity contribution is -0.384. The van der Waals surface area contributed by atoms with Gasteiger partial charge in [-0.25, -0.2) is 0 Å². The number of anilines is 1. The van der Waals surface area contributed by atoms with Crippen molar-refractivity contribution in [3.63, 3.8) is 0 Å². The topological polar surface area (TPSA) is 111 Å². The third kappa shape index (κ3) is 4.11. The van der Waals surface area contributed by atoms with Gasteiger partial charge in [0, 0.05) is 39.5 Å². The van der Waals surface area contributed by atoms with Gasteiger partial charge in [0.05, 0.1) is 15.9 Å². The van der Waals surface area contributed by atoms with Gasteiger partial charge < -0.3 is 14.2 Å².